The number of nitrogens with one attached hydrogen (secondary N) is 1. The Balaban J connectivity index is 1.46. The molecule has 1 amide bonds. The van der Waals surface area contributed by atoms with E-state index in [0.29, 0.717) is 17.3 Å². The first-order valence-corrected chi connectivity index (χ1v) is 10.6. The van der Waals surface area contributed by atoms with Crippen LogP contribution in [0.4, 0.5) is 5.69 Å². The number of rotatable bonds is 7. The van der Waals surface area contributed by atoms with Gasteiger partial charge in [0.05, 0.1) is 0 Å². The van der Waals surface area contributed by atoms with E-state index in [0.717, 1.165) is 21.8 Å². The van der Waals surface area contributed by atoms with Crippen LogP contribution in [0.3, 0.4) is 0 Å². The zero-order chi connectivity index (χ0) is 21.6. The summed E-state index contributed by atoms with van der Waals surface area (Å²) in [6.45, 7) is 3.90. The number of hydrogen-bond donors (Lipinski definition) is 1. The van der Waals surface area contributed by atoms with E-state index in [2.05, 4.69) is 30.8 Å². The summed E-state index contributed by atoms with van der Waals surface area (Å²) in [6, 6.07) is 18.8. The largest absolute Gasteiger partial charge is 0.324 e. The highest BCUT2D eigenvalue weighted by molar-refractivity contribution is 7.99. The van der Waals surface area contributed by atoms with Gasteiger partial charge in [-0.05, 0) is 71.9 Å². The van der Waals surface area contributed by atoms with E-state index in [1.54, 1.807) is 0 Å². The van der Waals surface area contributed by atoms with Crippen molar-refractivity contribution in [1.29, 1.82) is 0 Å². The lowest BCUT2D eigenvalue weighted by molar-refractivity contribution is -0.119. The molecule has 31 heavy (non-hydrogen) atoms. The Hall–Kier alpha value is -3.59. The first-order chi connectivity index (χ1) is 15.1. The van der Waals surface area contributed by atoms with Crippen LogP contribution in [0.5, 0.6) is 0 Å². The number of amides is 1. The third-order valence-electron chi connectivity index (χ3n) is 4.55. The van der Waals surface area contributed by atoms with Crippen LogP contribution in [-0.4, -0.2) is 36.1 Å². The molecule has 4 aromatic rings. The molecule has 9 heteroatoms. The Bertz CT molecular complexity index is 1130. The third-order valence-corrected chi connectivity index (χ3v) is 5.42. The molecule has 0 saturated carbocycles. The van der Waals surface area contributed by atoms with Crippen molar-refractivity contribution >= 4 is 23.4 Å². The first kappa shape index (κ1) is 20.7. The summed E-state index contributed by atoms with van der Waals surface area (Å²) in [7, 11) is 0. The maximum Gasteiger partial charge on any atom is 0.249 e. The second-order valence-corrected chi connectivity index (χ2v) is 8.09. The van der Waals surface area contributed by atoms with Crippen LogP contribution in [-0.2, 0) is 11.2 Å². The van der Waals surface area contributed by atoms with Crippen LogP contribution in [0.25, 0.3) is 0 Å². The molecule has 0 fully saturated rings. The van der Waals surface area contributed by atoms with E-state index in [1.165, 1.54) is 22.8 Å². The lowest BCUT2D eigenvalue weighted by atomic mass is 10.1. The van der Waals surface area contributed by atoms with Gasteiger partial charge in [0.2, 0.25) is 5.91 Å². The Morgan fingerprint density at radius 3 is 2.39 bits per heavy atom. The van der Waals surface area contributed by atoms with Crippen molar-refractivity contribution in [2.75, 3.05) is 5.32 Å². The predicted octanol–water partition coefficient (Wildman–Crippen LogP) is 3.65. The van der Waals surface area contributed by atoms with Crippen LogP contribution >= 0.6 is 11.8 Å². The van der Waals surface area contributed by atoms with Gasteiger partial charge in [0.25, 0.3) is 0 Å². The highest BCUT2D eigenvalue weighted by Gasteiger charge is 2.22. The molecule has 1 atom stereocenters. The molecular weight excluding hydrogens is 410 g/mol. The second-order valence-electron chi connectivity index (χ2n) is 7.04. The van der Waals surface area contributed by atoms with Crippen LogP contribution in [0.2, 0.25) is 0 Å². The van der Waals surface area contributed by atoms with Crippen LogP contribution < -0.4 is 5.32 Å². The number of nitrogens with zero attached hydrogens (tertiary/aromatic N) is 6. The summed E-state index contributed by atoms with van der Waals surface area (Å²) < 4.78 is 1.48. The van der Waals surface area contributed by atoms with Crippen molar-refractivity contribution in [1.82, 2.24) is 30.2 Å². The zero-order valence-electron chi connectivity index (χ0n) is 17.1. The van der Waals surface area contributed by atoms with Crippen molar-refractivity contribution in [2.24, 2.45) is 0 Å². The molecular formula is C22H21N7OS. The van der Waals surface area contributed by atoms with Gasteiger partial charge in [0.1, 0.15) is 12.4 Å². The minimum atomic E-state index is -0.560. The van der Waals surface area contributed by atoms with E-state index in [-0.39, 0.29) is 5.91 Å². The van der Waals surface area contributed by atoms with Crippen LogP contribution in [0, 0.1) is 13.8 Å². The molecule has 0 bridgehead atoms. The molecule has 0 saturated heterocycles. The normalized spacial score (nSPS) is 11.8. The van der Waals surface area contributed by atoms with Gasteiger partial charge >= 0.3 is 0 Å². The van der Waals surface area contributed by atoms with Crippen molar-refractivity contribution in [2.45, 2.75) is 36.4 Å². The lowest BCUT2D eigenvalue weighted by Crippen LogP contribution is -2.28. The molecule has 2 heterocycles. The smallest absolute Gasteiger partial charge is 0.249 e. The van der Waals surface area contributed by atoms with Gasteiger partial charge < -0.3 is 5.32 Å². The standard InChI is InChI=1S/C22H21N7OS/c1-15-12-16(2)25-22(24-15)31-19-10-8-18(9-11-19)26-21(30)20(29-14-23-27-28-29)13-17-6-4-3-5-7-17/h3-12,14,20H,13H2,1-2H3,(H,26,30). The minimum Gasteiger partial charge on any atom is -0.324 e. The van der Waals surface area contributed by atoms with Gasteiger partial charge in [0, 0.05) is 28.4 Å². The molecule has 2 aromatic carbocycles. The summed E-state index contributed by atoms with van der Waals surface area (Å²) in [5, 5.41) is 14.9. The summed E-state index contributed by atoms with van der Waals surface area (Å²) in [5.41, 5.74) is 3.59. The third kappa shape index (κ3) is 5.52. The molecule has 156 valence electrons. The fourth-order valence-corrected chi connectivity index (χ4v) is 3.99. The minimum absolute atomic E-state index is 0.186. The number of hydrogen-bond acceptors (Lipinski definition) is 7. The molecule has 1 unspecified atom stereocenters. The van der Waals surface area contributed by atoms with Gasteiger partial charge in [0.15, 0.2) is 5.16 Å². The van der Waals surface area contributed by atoms with Gasteiger partial charge in [-0.2, -0.15) is 0 Å². The Morgan fingerprint density at radius 2 is 1.74 bits per heavy atom. The number of aromatic nitrogens is 6. The first-order valence-electron chi connectivity index (χ1n) is 9.74. The topological polar surface area (TPSA) is 98.5 Å². The monoisotopic (exact) mass is 431 g/mol. The summed E-state index contributed by atoms with van der Waals surface area (Å²) in [5.74, 6) is -0.186. The SMILES string of the molecule is Cc1cc(C)nc(Sc2ccc(NC(=O)C(Cc3ccccc3)n3cnnn3)cc2)n1. The maximum absolute atomic E-state index is 13.0. The molecule has 4 rings (SSSR count). The Morgan fingerprint density at radius 1 is 1.03 bits per heavy atom. The lowest BCUT2D eigenvalue weighted by Gasteiger charge is -2.16. The molecule has 2 aromatic heterocycles. The number of benzene rings is 2. The van der Waals surface area contributed by atoms with Gasteiger partial charge in [-0.3, -0.25) is 4.79 Å². The average molecular weight is 432 g/mol. The molecule has 0 spiro atoms. The fraction of sp³-hybridized carbons (Fsp3) is 0.182. The quantitative estimate of drug-likeness (QED) is 0.446. The van der Waals surface area contributed by atoms with Crippen molar-refractivity contribution in [3.05, 3.63) is 83.9 Å². The summed E-state index contributed by atoms with van der Waals surface area (Å²) in [6.07, 6.45) is 1.94. The Kier molecular flexibility index (Phi) is 6.32. The Labute approximate surface area is 184 Å². The van der Waals surface area contributed by atoms with E-state index in [4.69, 9.17) is 0 Å². The van der Waals surface area contributed by atoms with Crippen molar-refractivity contribution < 1.29 is 4.79 Å². The summed E-state index contributed by atoms with van der Waals surface area (Å²) in [4.78, 5) is 22.9. The maximum atomic E-state index is 13.0. The van der Waals surface area contributed by atoms with Gasteiger partial charge in [-0.1, -0.05) is 30.3 Å². The fourth-order valence-electron chi connectivity index (χ4n) is 3.13. The number of carbonyl (C=O) groups excluding carboxylic acids is 1. The number of carbonyl (C=O) groups is 1. The number of anilines is 1. The zero-order valence-corrected chi connectivity index (χ0v) is 18.0. The van der Waals surface area contributed by atoms with Crippen molar-refractivity contribution in [3.63, 3.8) is 0 Å². The number of tetrazole rings is 1. The number of aryl methyl sites for hydroxylation is 2. The predicted molar refractivity (Wildman–Crippen MR) is 118 cm³/mol. The average Bonchev–Trinajstić information content (AvgIpc) is 3.28. The summed E-state index contributed by atoms with van der Waals surface area (Å²) >= 11 is 1.48. The van der Waals surface area contributed by atoms with E-state index in [1.807, 2.05) is 74.5 Å². The molecule has 0 radical (unpaired) electrons. The highest BCUT2D eigenvalue weighted by Crippen LogP contribution is 2.26. The van der Waals surface area contributed by atoms with E-state index >= 15 is 0 Å². The highest BCUT2D eigenvalue weighted by atomic mass is 32.2. The molecule has 1 N–H and O–H groups in total. The second kappa shape index (κ2) is 9.48. The van der Waals surface area contributed by atoms with Crippen molar-refractivity contribution in [3.8, 4) is 0 Å². The van der Waals surface area contributed by atoms with Gasteiger partial charge in [-0.25, -0.2) is 14.6 Å². The van der Waals surface area contributed by atoms with Crippen LogP contribution in [0.15, 0.2) is 77.0 Å². The molecule has 0 aliphatic rings. The molecule has 8 nitrogen and oxygen atoms in total. The van der Waals surface area contributed by atoms with Gasteiger partial charge in [-0.15, -0.1) is 5.10 Å². The van der Waals surface area contributed by atoms with E-state index in [9.17, 15) is 4.79 Å². The van der Waals surface area contributed by atoms with Crippen LogP contribution in [0.1, 0.15) is 23.0 Å². The molecule has 0 aliphatic carbocycles. The molecule has 0 aliphatic heterocycles. The van der Waals surface area contributed by atoms with E-state index < -0.39 is 6.04 Å².